The van der Waals surface area contributed by atoms with E-state index in [-0.39, 0.29) is 22.1 Å². The van der Waals surface area contributed by atoms with Crippen LogP contribution >= 0.6 is 11.8 Å². The molecule has 1 amide bonds. The number of anilines is 1. The largest absolute Gasteiger partial charge is 0.336 e. The summed E-state index contributed by atoms with van der Waals surface area (Å²) in [5, 5.41) is 0. The number of hydrogen-bond donors (Lipinski definition) is 0. The number of nitrogens with zero attached hydrogens (tertiary/aromatic N) is 3. The van der Waals surface area contributed by atoms with E-state index in [0.717, 1.165) is 32.0 Å². The second-order valence-corrected chi connectivity index (χ2v) is 9.61. The molecule has 0 spiro atoms. The minimum Gasteiger partial charge on any atom is -0.336 e. The number of halogens is 2. The topological polar surface area (TPSA) is 60.9 Å². The third-order valence-electron chi connectivity index (χ3n) is 5.51. The minimum atomic E-state index is -4.24. The lowest BCUT2D eigenvalue weighted by atomic mass is 10.1. The maximum absolute atomic E-state index is 14.0. The summed E-state index contributed by atoms with van der Waals surface area (Å²) in [5.74, 6) is -0.964. The average Bonchev–Trinajstić information content (AvgIpc) is 3.21. The second kappa shape index (κ2) is 7.93. The Kier molecular flexibility index (Phi) is 5.50. The monoisotopic (exact) mass is 437 g/mol. The van der Waals surface area contributed by atoms with Crippen molar-refractivity contribution in [3.05, 3.63) is 59.9 Å². The fraction of sp³-hybridized carbons (Fsp3) is 0.350. The summed E-state index contributed by atoms with van der Waals surface area (Å²) >= 11 is 5.98. The summed E-state index contributed by atoms with van der Waals surface area (Å²) in [7, 11) is -4.24. The molecule has 4 rings (SSSR count). The maximum atomic E-state index is 14.0. The highest BCUT2D eigenvalue weighted by molar-refractivity contribution is 7.94. The van der Waals surface area contributed by atoms with E-state index in [9.17, 15) is 17.6 Å². The van der Waals surface area contributed by atoms with E-state index in [1.165, 1.54) is 36.4 Å². The van der Waals surface area contributed by atoms with E-state index in [4.69, 9.17) is 11.8 Å². The number of piperazine rings is 1. The molecule has 0 N–H and O–H groups in total. The van der Waals surface area contributed by atoms with E-state index in [0.29, 0.717) is 23.0 Å². The number of benzene rings is 2. The van der Waals surface area contributed by atoms with Gasteiger partial charge < -0.3 is 4.90 Å². The molecule has 2 aromatic carbocycles. The lowest BCUT2D eigenvalue weighted by Crippen LogP contribution is -2.52. The molecule has 0 saturated carbocycles. The molecule has 0 aromatic heterocycles. The molecular formula is C20H21ClFN3O3S. The number of amides is 1. The molecule has 2 fully saturated rings. The van der Waals surface area contributed by atoms with Crippen LogP contribution in [-0.2, 0) is 10.0 Å². The molecule has 0 unspecified atom stereocenters. The summed E-state index contributed by atoms with van der Waals surface area (Å²) in [6.07, 6.45) is 2.21. The molecule has 29 heavy (non-hydrogen) atoms. The lowest BCUT2D eigenvalue weighted by molar-refractivity contribution is 0.0571. The van der Waals surface area contributed by atoms with Crippen LogP contribution in [0.2, 0.25) is 0 Å². The van der Waals surface area contributed by atoms with Gasteiger partial charge in [0.25, 0.3) is 15.9 Å². The average molecular weight is 438 g/mol. The van der Waals surface area contributed by atoms with Crippen molar-refractivity contribution in [2.45, 2.75) is 23.8 Å². The number of hydrogen-bond acceptors (Lipinski definition) is 4. The van der Waals surface area contributed by atoms with Crippen LogP contribution in [-0.4, -0.2) is 56.3 Å². The van der Waals surface area contributed by atoms with Gasteiger partial charge in [-0.2, -0.15) is 12.2 Å². The molecule has 2 aromatic rings. The number of rotatable bonds is 4. The van der Waals surface area contributed by atoms with Crippen LogP contribution in [0.1, 0.15) is 23.2 Å². The highest BCUT2D eigenvalue weighted by Crippen LogP contribution is 2.29. The maximum Gasteiger partial charge on any atom is 0.278 e. The van der Waals surface area contributed by atoms with Gasteiger partial charge in [0.2, 0.25) is 0 Å². The molecule has 1 atom stereocenters. The Morgan fingerprint density at radius 2 is 1.90 bits per heavy atom. The van der Waals surface area contributed by atoms with Gasteiger partial charge in [-0.15, -0.1) is 0 Å². The minimum absolute atomic E-state index is 0.166. The molecule has 154 valence electrons. The Balaban J connectivity index is 1.58. The SMILES string of the molecule is O=C(c1cccc(S(=O)(=O)N(Cl)c2ccccc2F)c1)N1CCN2CCC[C@@H]2C1. The fourth-order valence-electron chi connectivity index (χ4n) is 3.96. The third-order valence-corrected chi connectivity index (χ3v) is 7.70. The highest BCUT2D eigenvalue weighted by atomic mass is 35.5. The van der Waals surface area contributed by atoms with Gasteiger partial charge >= 0.3 is 0 Å². The molecule has 2 aliphatic heterocycles. The van der Waals surface area contributed by atoms with Gasteiger partial charge in [-0.25, -0.2) is 4.39 Å². The predicted octanol–water partition coefficient (Wildman–Crippen LogP) is 3.10. The number of sulfonamides is 1. The summed E-state index contributed by atoms with van der Waals surface area (Å²) in [6.45, 7) is 3.16. The Labute approximate surface area is 174 Å². The zero-order chi connectivity index (χ0) is 20.6. The van der Waals surface area contributed by atoms with E-state index in [1.807, 2.05) is 0 Å². The smallest absolute Gasteiger partial charge is 0.278 e. The van der Waals surface area contributed by atoms with Crippen LogP contribution in [0.4, 0.5) is 10.1 Å². The van der Waals surface area contributed by atoms with Gasteiger partial charge in [-0.05, 0) is 49.7 Å². The fourth-order valence-corrected chi connectivity index (χ4v) is 5.46. The summed E-state index contributed by atoms with van der Waals surface area (Å²) in [6, 6.07) is 11.4. The molecular weight excluding hydrogens is 417 g/mol. The summed E-state index contributed by atoms with van der Waals surface area (Å²) in [4.78, 5) is 17.0. The van der Waals surface area contributed by atoms with Crippen molar-refractivity contribution in [1.82, 2.24) is 9.80 Å². The van der Waals surface area contributed by atoms with Crippen molar-refractivity contribution in [3.8, 4) is 0 Å². The Bertz CT molecular complexity index is 1030. The Morgan fingerprint density at radius 1 is 1.10 bits per heavy atom. The molecule has 2 saturated heterocycles. The quantitative estimate of drug-likeness (QED) is 0.689. The zero-order valence-corrected chi connectivity index (χ0v) is 17.2. The number of carbonyl (C=O) groups is 1. The van der Waals surface area contributed by atoms with Crippen LogP contribution < -0.4 is 3.82 Å². The number of fused-ring (bicyclic) bond motifs is 1. The molecule has 0 radical (unpaired) electrons. The molecule has 0 bridgehead atoms. The van der Waals surface area contributed by atoms with Crippen molar-refractivity contribution in [1.29, 1.82) is 0 Å². The van der Waals surface area contributed by atoms with Crippen LogP contribution in [0.5, 0.6) is 0 Å². The van der Waals surface area contributed by atoms with Crippen molar-refractivity contribution in [2.75, 3.05) is 30.0 Å². The van der Waals surface area contributed by atoms with Gasteiger partial charge in [0.05, 0.1) is 4.90 Å². The van der Waals surface area contributed by atoms with Gasteiger partial charge in [-0.1, -0.05) is 18.2 Å². The summed E-state index contributed by atoms with van der Waals surface area (Å²) < 4.78 is 40.1. The van der Waals surface area contributed by atoms with Crippen LogP contribution in [0.25, 0.3) is 0 Å². The highest BCUT2D eigenvalue weighted by Gasteiger charge is 2.33. The van der Waals surface area contributed by atoms with Crippen molar-refractivity contribution >= 4 is 33.4 Å². The van der Waals surface area contributed by atoms with E-state index < -0.39 is 15.8 Å². The Hall–Kier alpha value is -2.16. The van der Waals surface area contributed by atoms with Crippen molar-refractivity contribution in [2.24, 2.45) is 0 Å². The molecule has 9 heteroatoms. The Morgan fingerprint density at radius 3 is 2.69 bits per heavy atom. The first-order valence-electron chi connectivity index (χ1n) is 9.47. The lowest BCUT2D eigenvalue weighted by Gasteiger charge is -2.37. The first-order valence-corrected chi connectivity index (χ1v) is 11.2. The molecule has 0 aliphatic carbocycles. The molecule has 2 aliphatic rings. The van der Waals surface area contributed by atoms with E-state index in [2.05, 4.69) is 4.90 Å². The van der Waals surface area contributed by atoms with Crippen molar-refractivity contribution in [3.63, 3.8) is 0 Å². The predicted molar refractivity (Wildman–Crippen MR) is 109 cm³/mol. The number of carbonyl (C=O) groups excluding carboxylic acids is 1. The van der Waals surface area contributed by atoms with E-state index >= 15 is 0 Å². The molecule has 2 heterocycles. The van der Waals surface area contributed by atoms with Gasteiger partial charge in [0.1, 0.15) is 11.5 Å². The van der Waals surface area contributed by atoms with Crippen molar-refractivity contribution < 1.29 is 17.6 Å². The normalized spacial score (nSPS) is 19.8. The van der Waals surface area contributed by atoms with Crippen LogP contribution in [0.15, 0.2) is 53.4 Å². The third kappa shape index (κ3) is 3.84. The first-order chi connectivity index (χ1) is 13.9. The van der Waals surface area contributed by atoms with Gasteiger partial charge in [0.15, 0.2) is 0 Å². The number of para-hydroxylation sites is 1. The zero-order valence-electron chi connectivity index (χ0n) is 15.7. The van der Waals surface area contributed by atoms with Crippen LogP contribution in [0, 0.1) is 5.82 Å². The van der Waals surface area contributed by atoms with E-state index in [1.54, 1.807) is 11.0 Å². The standard InChI is InChI=1S/C20H21ClFN3O3S/c21-25(19-9-2-1-8-18(19)22)29(27,28)17-7-3-5-15(13-17)20(26)24-12-11-23-10-4-6-16(23)14-24/h1-3,5,7-9,13,16H,4,6,10-12,14H2/t16-/m1/s1. The van der Waals surface area contributed by atoms with Gasteiger partial charge in [-0.3, -0.25) is 9.69 Å². The van der Waals surface area contributed by atoms with Gasteiger partial charge in [0, 0.05) is 43.0 Å². The first kappa shape index (κ1) is 20.1. The summed E-state index contributed by atoms with van der Waals surface area (Å²) in [5.41, 5.74) is -0.000580. The second-order valence-electron chi connectivity index (χ2n) is 7.28. The molecule has 6 nitrogen and oxygen atoms in total. The van der Waals surface area contributed by atoms with Crippen LogP contribution in [0.3, 0.4) is 0 Å².